The van der Waals surface area contributed by atoms with E-state index in [2.05, 4.69) is 23.3 Å². The van der Waals surface area contributed by atoms with Gasteiger partial charge < -0.3 is 5.32 Å². The fourth-order valence-electron chi connectivity index (χ4n) is 1.76. The summed E-state index contributed by atoms with van der Waals surface area (Å²) < 4.78 is 0. The molecule has 0 aliphatic heterocycles. The molecule has 0 aromatic carbocycles. The van der Waals surface area contributed by atoms with E-state index in [1.54, 1.807) is 17.5 Å². The van der Waals surface area contributed by atoms with Crippen molar-refractivity contribution in [2.45, 2.75) is 26.3 Å². The predicted octanol–water partition coefficient (Wildman–Crippen LogP) is 2.41. The largest absolute Gasteiger partial charge is 0.315 e. The van der Waals surface area contributed by atoms with Crippen LogP contribution in [-0.2, 0) is 19.4 Å². The zero-order valence-corrected chi connectivity index (χ0v) is 11.0. The van der Waals surface area contributed by atoms with Gasteiger partial charge in [0.15, 0.2) is 0 Å². The van der Waals surface area contributed by atoms with Gasteiger partial charge in [0.1, 0.15) is 0 Å². The van der Waals surface area contributed by atoms with E-state index in [9.17, 15) is 0 Å². The van der Waals surface area contributed by atoms with Crippen LogP contribution in [0.5, 0.6) is 0 Å². The van der Waals surface area contributed by atoms with Crippen molar-refractivity contribution in [3.05, 3.63) is 45.7 Å². The molecule has 0 saturated carbocycles. The molecule has 0 bridgehead atoms. The van der Waals surface area contributed by atoms with Gasteiger partial charge in [0, 0.05) is 30.2 Å². The Morgan fingerprint density at radius 2 is 2.29 bits per heavy atom. The first-order valence-electron chi connectivity index (χ1n) is 5.84. The summed E-state index contributed by atoms with van der Waals surface area (Å²) in [6.07, 6.45) is 5.59. The smallest absolute Gasteiger partial charge is 0.0976 e. The van der Waals surface area contributed by atoms with Gasteiger partial charge in [0.05, 0.1) is 10.7 Å². The Bertz CT molecular complexity index is 465. The maximum atomic E-state index is 4.69. The second kappa shape index (κ2) is 5.89. The summed E-state index contributed by atoms with van der Waals surface area (Å²) in [4.78, 5) is 10.2. The van der Waals surface area contributed by atoms with Crippen LogP contribution in [0, 0.1) is 0 Å². The standard InChI is InChI=1S/C13H17N3S/c1-3-11-12(9-14-2)17-13(16-11)7-10-5-4-6-15-8-10/h4-6,8,14H,3,7,9H2,1-2H3. The van der Waals surface area contributed by atoms with E-state index in [1.165, 1.54) is 21.1 Å². The molecule has 1 N–H and O–H groups in total. The van der Waals surface area contributed by atoms with Gasteiger partial charge in [-0.25, -0.2) is 4.98 Å². The maximum Gasteiger partial charge on any atom is 0.0976 e. The van der Waals surface area contributed by atoms with Crippen molar-refractivity contribution >= 4 is 11.3 Å². The molecule has 3 nitrogen and oxygen atoms in total. The van der Waals surface area contributed by atoms with Crippen molar-refractivity contribution in [2.24, 2.45) is 0 Å². The number of nitrogens with zero attached hydrogens (tertiary/aromatic N) is 2. The van der Waals surface area contributed by atoms with E-state index in [0.29, 0.717) is 0 Å². The molecule has 0 radical (unpaired) electrons. The summed E-state index contributed by atoms with van der Waals surface area (Å²) >= 11 is 1.80. The van der Waals surface area contributed by atoms with Crippen LogP contribution in [0.2, 0.25) is 0 Å². The number of rotatable bonds is 5. The SMILES string of the molecule is CCc1nc(Cc2cccnc2)sc1CNC. The number of hydrogen-bond donors (Lipinski definition) is 1. The Morgan fingerprint density at radius 3 is 2.94 bits per heavy atom. The van der Waals surface area contributed by atoms with Gasteiger partial charge >= 0.3 is 0 Å². The summed E-state index contributed by atoms with van der Waals surface area (Å²) in [6.45, 7) is 3.07. The normalized spacial score (nSPS) is 10.7. The first kappa shape index (κ1) is 12.2. The van der Waals surface area contributed by atoms with Gasteiger partial charge in [-0.05, 0) is 25.1 Å². The lowest BCUT2D eigenvalue weighted by Crippen LogP contribution is -2.05. The van der Waals surface area contributed by atoms with Crippen LogP contribution in [0.15, 0.2) is 24.5 Å². The molecule has 0 spiro atoms. The molecule has 2 heterocycles. The van der Waals surface area contributed by atoms with E-state index in [1.807, 2.05) is 19.3 Å². The highest BCUT2D eigenvalue weighted by atomic mass is 32.1. The average Bonchev–Trinajstić information content (AvgIpc) is 2.73. The first-order valence-corrected chi connectivity index (χ1v) is 6.66. The zero-order valence-electron chi connectivity index (χ0n) is 10.2. The van der Waals surface area contributed by atoms with Gasteiger partial charge in [0.25, 0.3) is 0 Å². The minimum Gasteiger partial charge on any atom is -0.315 e. The molecule has 0 amide bonds. The minimum absolute atomic E-state index is 0.884. The van der Waals surface area contributed by atoms with Crippen LogP contribution in [-0.4, -0.2) is 17.0 Å². The number of aromatic nitrogens is 2. The van der Waals surface area contributed by atoms with E-state index in [-0.39, 0.29) is 0 Å². The highest BCUT2D eigenvalue weighted by molar-refractivity contribution is 7.11. The van der Waals surface area contributed by atoms with Crippen LogP contribution in [0.25, 0.3) is 0 Å². The van der Waals surface area contributed by atoms with E-state index < -0.39 is 0 Å². The van der Waals surface area contributed by atoms with Gasteiger partial charge in [-0.1, -0.05) is 13.0 Å². The van der Waals surface area contributed by atoms with Crippen molar-refractivity contribution in [1.82, 2.24) is 15.3 Å². The topological polar surface area (TPSA) is 37.8 Å². The molecule has 0 aliphatic carbocycles. The van der Waals surface area contributed by atoms with Crippen LogP contribution >= 0.6 is 11.3 Å². The number of nitrogens with one attached hydrogen (secondary N) is 1. The molecule has 4 heteroatoms. The van der Waals surface area contributed by atoms with Crippen LogP contribution < -0.4 is 5.32 Å². The Hall–Kier alpha value is -1.26. The molecule has 0 saturated heterocycles. The Balaban J connectivity index is 2.16. The van der Waals surface area contributed by atoms with E-state index in [4.69, 9.17) is 4.98 Å². The summed E-state index contributed by atoms with van der Waals surface area (Å²) in [5.74, 6) is 0. The number of thiazole rings is 1. The molecule has 2 rings (SSSR count). The van der Waals surface area contributed by atoms with Gasteiger partial charge in [-0.2, -0.15) is 0 Å². The lowest BCUT2D eigenvalue weighted by molar-refractivity contribution is 0.813. The van der Waals surface area contributed by atoms with Gasteiger partial charge in [0.2, 0.25) is 0 Å². The molecular weight excluding hydrogens is 230 g/mol. The second-order valence-electron chi connectivity index (χ2n) is 3.90. The molecule has 0 aliphatic rings. The molecule has 2 aromatic rings. The van der Waals surface area contributed by atoms with Crippen molar-refractivity contribution in [2.75, 3.05) is 7.05 Å². The number of hydrogen-bond acceptors (Lipinski definition) is 4. The van der Waals surface area contributed by atoms with E-state index in [0.717, 1.165) is 19.4 Å². The second-order valence-corrected chi connectivity index (χ2v) is 5.07. The van der Waals surface area contributed by atoms with Crippen molar-refractivity contribution in [3.63, 3.8) is 0 Å². The molecule has 2 aromatic heterocycles. The number of pyridine rings is 1. The Morgan fingerprint density at radius 1 is 1.41 bits per heavy atom. The van der Waals surface area contributed by atoms with Gasteiger partial charge in [-0.3, -0.25) is 4.98 Å². The minimum atomic E-state index is 0.884. The molecular formula is C13H17N3S. The maximum absolute atomic E-state index is 4.69. The highest BCUT2D eigenvalue weighted by Gasteiger charge is 2.09. The van der Waals surface area contributed by atoms with Crippen molar-refractivity contribution in [1.29, 1.82) is 0 Å². The van der Waals surface area contributed by atoms with Crippen LogP contribution in [0.4, 0.5) is 0 Å². The third-order valence-corrected chi connectivity index (χ3v) is 3.67. The van der Waals surface area contributed by atoms with Gasteiger partial charge in [-0.15, -0.1) is 11.3 Å². The number of aryl methyl sites for hydroxylation is 1. The lowest BCUT2D eigenvalue weighted by Gasteiger charge is -1.96. The predicted molar refractivity (Wildman–Crippen MR) is 71.3 cm³/mol. The molecule has 0 unspecified atom stereocenters. The van der Waals surface area contributed by atoms with Crippen molar-refractivity contribution in [3.8, 4) is 0 Å². The monoisotopic (exact) mass is 247 g/mol. The van der Waals surface area contributed by atoms with Crippen molar-refractivity contribution < 1.29 is 0 Å². The lowest BCUT2D eigenvalue weighted by atomic mass is 10.2. The third kappa shape index (κ3) is 3.11. The fraction of sp³-hybridized carbons (Fsp3) is 0.385. The quantitative estimate of drug-likeness (QED) is 0.881. The Kier molecular flexibility index (Phi) is 4.23. The van der Waals surface area contributed by atoms with E-state index >= 15 is 0 Å². The van der Waals surface area contributed by atoms with Crippen LogP contribution in [0.3, 0.4) is 0 Å². The molecule has 17 heavy (non-hydrogen) atoms. The summed E-state index contributed by atoms with van der Waals surface area (Å²) in [7, 11) is 1.97. The first-order chi connectivity index (χ1) is 8.33. The average molecular weight is 247 g/mol. The molecule has 0 fully saturated rings. The third-order valence-electron chi connectivity index (χ3n) is 2.57. The van der Waals surface area contributed by atoms with Crippen LogP contribution in [0.1, 0.15) is 28.1 Å². The summed E-state index contributed by atoms with van der Waals surface area (Å²) in [5.41, 5.74) is 2.45. The molecule has 90 valence electrons. The summed E-state index contributed by atoms with van der Waals surface area (Å²) in [5, 5.41) is 4.37. The zero-order chi connectivity index (χ0) is 12.1. The fourth-order valence-corrected chi connectivity index (χ4v) is 2.97. The molecule has 0 atom stereocenters. The summed E-state index contributed by atoms with van der Waals surface area (Å²) in [6, 6.07) is 4.07. The Labute approximate surface area is 106 Å². The highest BCUT2D eigenvalue weighted by Crippen LogP contribution is 2.21.